The predicted molar refractivity (Wildman–Crippen MR) is 67.1 cm³/mol. The Bertz CT molecular complexity index is 550. The van der Waals surface area contributed by atoms with Crippen molar-refractivity contribution in [3.63, 3.8) is 0 Å². The van der Waals surface area contributed by atoms with Crippen molar-refractivity contribution in [1.82, 2.24) is 14.9 Å². The monoisotopic (exact) mass is 271 g/mol. The molecule has 1 fully saturated rings. The third kappa shape index (κ3) is 2.40. The number of rotatable bonds is 3. The second-order valence-electron chi connectivity index (χ2n) is 4.52. The molecule has 1 aliphatic heterocycles. The number of amides is 1. The van der Waals surface area contributed by atoms with Crippen LogP contribution in [0.4, 0.5) is 0 Å². The lowest BCUT2D eigenvalue weighted by Gasteiger charge is -2.26. The molecule has 1 unspecified atom stereocenters. The van der Waals surface area contributed by atoms with Crippen LogP contribution in [0.25, 0.3) is 0 Å². The van der Waals surface area contributed by atoms with Crippen molar-refractivity contribution in [2.45, 2.75) is 26.3 Å². The van der Waals surface area contributed by atoms with Crippen LogP contribution in [0.15, 0.2) is 6.33 Å². The van der Waals surface area contributed by atoms with Crippen LogP contribution in [0.3, 0.4) is 0 Å². The lowest BCUT2D eigenvalue weighted by atomic mass is 10.2. The van der Waals surface area contributed by atoms with E-state index < -0.39 is 9.84 Å². The van der Waals surface area contributed by atoms with E-state index in [2.05, 4.69) is 9.97 Å². The molecule has 18 heavy (non-hydrogen) atoms. The standard InChI is InChI=1S/C11H17N3O3S/c1-3-14(9-4-5-18(16,17)6-9)11(15)10-8(2)12-7-13-10/h7,9H,3-6H2,1-2H3,(H,12,13). The van der Waals surface area contributed by atoms with E-state index in [0.717, 1.165) is 0 Å². The zero-order chi connectivity index (χ0) is 13.3. The summed E-state index contributed by atoms with van der Waals surface area (Å²) in [6, 6.07) is -0.219. The lowest BCUT2D eigenvalue weighted by molar-refractivity contribution is 0.0702. The molecule has 0 aliphatic carbocycles. The van der Waals surface area contributed by atoms with Crippen molar-refractivity contribution in [2.24, 2.45) is 0 Å². The fraction of sp³-hybridized carbons (Fsp3) is 0.636. The Labute approximate surface area is 106 Å². The summed E-state index contributed by atoms with van der Waals surface area (Å²) in [5, 5.41) is 0. The van der Waals surface area contributed by atoms with Crippen LogP contribution in [0.5, 0.6) is 0 Å². The van der Waals surface area contributed by atoms with Crippen LogP contribution in [0.1, 0.15) is 29.5 Å². The van der Waals surface area contributed by atoms with Crippen molar-refractivity contribution < 1.29 is 13.2 Å². The van der Waals surface area contributed by atoms with Gasteiger partial charge in [-0.25, -0.2) is 13.4 Å². The summed E-state index contributed by atoms with van der Waals surface area (Å²) in [4.78, 5) is 20.8. The number of nitrogens with zero attached hydrogens (tertiary/aromatic N) is 2. The van der Waals surface area contributed by atoms with E-state index in [1.807, 2.05) is 6.92 Å². The van der Waals surface area contributed by atoms with E-state index in [1.165, 1.54) is 6.33 Å². The van der Waals surface area contributed by atoms with Gasteiger partial charge in [0.25, 0.3) is 5.91 Å². The Hall–Kier alpha value is -1.37. The van der Waals surface area contributed by atoms with Gasteiger partial charge in [0.05, 0.1) is 17.8 Å². The zero-order valence-corrected chi connectivity index (χ0v) is 11.3. The maximum absolute atomic E-state index is 12.3. The maximum atomic E-state index is 12.3. The second-order valence-corrected chi connectivity index (χ2v) is 6.75. The molecule has 2 heterocycles. The summed E-state index contributed by atoms with van der Waals surface area (Å²) in [6.07, 6.45) is 1.99. The van der Waals surface area contributed by atoms with Crippen molar-refractivity contribution in [3.05, 3.63) is 17.7 Å². The number of aryl methyl sites for hydroxylation is 1. The number of nitrogens with one attached hydrogen (secondary N) is 1. The van der Waals surface area contributed by atoms with Crippen molar-refractivity contribution in [1.29, 1.82) is 0 Å². The van der Waals surface area contributed by atoms with E-state index >= 15 is 0 Å². The molecule has 1 aromatic heterocycles. The van der Waals surface area contributed by atoms with Gasteiger partial charge in [0.2, 0.25) is 0 Å². The largest absolute Gasteiger partial charge is 0.348 e. The minimum atomic E-state index is -2.99. The summed E-state index contributed by atoms with van der Waals surface area (Å²) in [5.74, 6) is 0.0372. The minimum absolute atomic E-state index is 0.0655. The highest BCUT2D eigenvalue weighted by molar-refractivity contribution is 7.91. The van der Waals surface area contributed by atoms with Gasteiger partial charge in [0, 0.05) is 18.3 Å². The van der Waals surface area contributed by atoms with E-state index in [9.17, 15) is 13.2 Å². The quantitative estimate of drug-likeness (QED) is 0.860. The second kappa shape index (κ2) is 4.72. The topological polar surface area (TPSA) is 83.1 Å². The molecule has 1 aliphatic rings. The molecular weight excluding hydrogens is 254 g/mol. The first-order chi connectivity index (χ1) is 8.44. The first kappa shape index (κ1) is 13.1. The third-order valence-corrected chi connectivity index (χ3v) is 5.03. The van der Waals surface area contributed by atoms with Crippen LogP contribution in [0.2, 0.25) is 0 Å². The molecule has 1 atom stereocenters. The van der Waals surface area contributed by atoms with Crippen LogP contribution >= 0.6 is 0 Å². The number of hydrogen-bond acceptors (Lipinski definition) is 4. The zero-order valence-electron chi connectivity index (χ0n) is 10.5. The fourth-order valence-corrected chi connectivity index (χ4v) is 4.03. The van der Waals surface area contributed by atoms with Gasteiger partial charge < -0.3 is 9.88 Å². The smallest absolute Gasteiger partial charge is 0.274 e. The Kier molecular flexibility index (Phi) is 3.43. The molecule has 1 saturated heterocycles. The van der Waals surface area contributed by atoms with Gasteiger partial charge in [-0.3, -0.25) is 4.79 Å². The van der Waals surface area contributed by atoms with Gasteiger partial charge >= 0.3 is 0 Å². The Morgan fingerprint density at radius 1 is 1.61 bits per heavy atom. The van der Waals surface area contributed by atoms with E-state index in [-0.39, 0.29) is 23.5 Å². The summed E-state index contributed by atoms with van der Waals surface area (Å²) in [7, 11) is -2.99. The average molecular weight is 271 g/mol. The highest BCUT2D eigenvalue weighted by atomic mass is 32.2. The molecule has 1 aromatic rings. The first-order valence-electron chi connectivity index (χ1n) is 5.96. The Morgan fingerprint density at radius 2 is 2.33 bits per heavy atom. The number of carbonyl (C=O) groups excluding carboxylic acids is 1. The third-order valence-electron chi connectivity index (χ3n) is 3.28. The van der Waals surface area contributed by atoms with Gasteiger partial charge in [-0.05, 0) is 20.3 Å². The number of imidazole rings is 1. The van der Waals surface area contributed by atoms with Gasteiger partial charge in [-0.1, -0.05) is 0 Å². The van der Waals surface area contributed by atoms with E-state index in [4.69, 9.17) is 0 Å². The molecule has 0 saturated carbocycles. The summed E-state index contributed by atoms with van der Waals surface area (Å²) < 4.78 is 23.0. The summed E-state index contributed by atoms with van der Waals surface area (Å²) >= 11 is 0. The van der Waals surface area contributed by atoms with Crippen LogP contribution in [-0.2, 0) is 9.84 Å². The lowest BCUT2D eigenvalue weighted by Crippen LogP contribution is -2.41. The van der Waals surface area contributed by atoms with Gasteiger partial charge in [-0.2, -0.15) is 0 Å². The van der Waals surface area contributed by atoms with Crippen LogP contribution in [0, 0.1) is 6.92 Å². The number of hydrogen-bond donors (Lipinski definition) is 1. The number of aromatic nitrogens is 2. The molecule has 6 nitrogen and oxygen atoms in total. The minimum Gasteiger partial charge on any atom is -0.348 e. The number of sulfone groups is 1. The average Bonchev–Trinajstić information content (AvgIpc) is 2.86. The van der Waals surface area contributed by atoms with Crippen molar-refractivity contribution in [3.8, 4) is 0 Å². The SMILES string of the molecule is CCN(C(=O)c1nc[nH]c1C)C1CCS(=O)(=O)C1. The van der Waals surface area contributed by atoms with Crippen LogP contribution < -0.4 is 0 Å². The molecule has 0 radical (unpaired) electrons. The number of H-pyrrole nitrogens is 1. The molecule has 0 bridgehead atoms. The molecule has 0 aromatic carbocycles. The van der Waals surface area contributed by atoms with Crippen LogP contribution in [-0.4, -0.2) is 53.3 Å². The normalized spacial score (nSPS) is 22.0. The van der Waals surface area contributed by atoms with Gasteiger partial charge in [0.1, 0.15) is 5.69 Å². The molecular formula is C11H17N3O3S. The van der Waals surface area contributed by atoms with Crippen molar-refractivity contribution in [2.75, 3.05) is 18.1 Å². The molecule has 0 spiro atoms. The summed E-state index contributed by atoms with van der Waals surface area (Å²) in [5.41, 5.74) is 1.08. The number of aromatic amines is 1. The van der Waals surface area contributed by atoms with E-state index in [0.29, 0.717) is 24.4 Å². The van der Waals surface area contributed by atoms with Gasteiger partial charge in [-0.15, -0.1) is 0 Å². The highest BCUT2D eigenvalue weighted by Gasteiger charge is 2.35. The Morgan fingerprint density at radius 3 is 2.78 bits per heavy atom. The van der Waals surface area contributed by atoms with Gasteiger partial charge in [0.15, 0.2) is 9.84 Å². The van der Waals surface area contributed by atoms with E-state index in [1.54, 1.807) is 11.8 Å². The van der Waals surface area contributed by atoms with Crippen molar-refractivity contribution >= 4 is 15.7 Å². The molecule has 7 heteroatoms. The highest BCUT2D eigenvalue weighted by Crippen LogP contribution is 2.19. The number of carbonyl (C=O) groups is 1. The fourth-order valence-electron chi connectivity index (χ4n) is 2.30. The summed E-state index contributed by atoms with van der Waals surface area (Å²) in [6.45, 7) is 4.12. The molecule has 2 rings (SSSR count). The predicted octanol–water partition coefficient (Wildman–Crippen LogP) is 0.367. The maximum Gasteiger partial charge on any atom is 0.274 e. The molecule has 1 N–H and O–H groups in total. The first-order valence-corrected chi connectivity index (χ1v) is 7.78. The molecule has 1 amide bonds. The Balaban J connectivity index is 2.20. The molecule has 100 valence electrons.